The van der Waals surface area contributed by atoms with Gasteiger partial charge in [0, 0.05) is 7.05 Å². The molecule has 1 atom stereocenters. The van der Waals surface area contributed by atoms with Crippen LogP contribution in [0.1, 0.15) is 22.0 Å². The van der Waals surface area contributed by atoms with E-state index in [1.54, 1.807) is 42.5 Å². The Balaban J connectivity index is 2.30. The third kappa shape index (κ3) is 3.09. The van der Waals surface area contributed by atoms with Crippen molar-refractivity contribution in [2.45, 2.75) is 6.04 Å². The molecule has 1 unspecified atom stereocenters. The summed E-state index contributed by atoms with van der Waals surface area (Å²) in [6.07, 6.45) is 0. The third-order valence-electron chi connectivity index (χ3n) is 3.25. The van der Waals surface area contributed by atoms with Crippen LogP contribution in [0.4, 0.5) is 5.69 Å². The number of benzene rings is 2. The van der Waals surface area contributed by atoms with Gasteiger partial charge in [0.25, 0.3) is 0 Å². The maximum absolute atomic E-state index is 12.4. The van der Waals surface area contributed by atoms with Crippen molar-refractivity contribution in [2.24, 2.45) is 5.73 Å². The molecule has 0 saturated heterocycles. The molecule has 0 aliphatic rings. The molecule has 0 spiro atoms. The zero-order valence-corrected chi connectivity index (χ0v) is 11.6. The molecule has 0 aliphatic carbocycles. The van der Waals surface area contributed by atoms with E-state index >= 15 is 0 Å². The zero-order valence-electron chi connectivity index (χ0n) is 11.6. The summed E-state index contributed by atoms with van der Waals surface area (Å²) in [6, 6.07) is 14.5. The Morgan fingerprint density at radius 1 is 1.05 bits per heavy atom. The van der Waals surface area contributed by atoms with Crippen LogP contribution < -0.4 is 10.6 Å². The second-order valence-electron chi connectivity index (χ2n) is 4.61. The van der Waals surface area contributed by atoms with Crippen LogP contribution in [-0.4, -0.2) is 24.0 Å². The lowest BCUT2D eigenvalue weighted by Crippen LogP contribution is -2.36. The quantitative estimate of drug-likeness (QED) is 0.900. The number of anilines is 1. The maximum Gasteiger partial charge on any atom is 0.337 e. The van der Waals surface area contributed by atoms with Crippen LogP contribution in [0.2, 0.25) is 0 Å². The molecule has 0 heterocycles. The summed E-state index contributed by atoms with van der Waals surface area (Å²) in [7, 11) is 1.52. The highest BCUT2D eigenvalue weighted by molar-refractivity contribution is 6.03. The average Bonchev–Trinajstić information content (AvgIpc) is 2.53. The van der Waals surface area contributed by atoms with Gasteiger partial charge in [0.15, 0.2) is 0 Å². The van der Waals surface area contributed by atoms with Gasteiger partial charge in [-0.05, 0) is 17.7 Å². The van der Waals surface area contributed by atoms with E-state index in [-0.39, 0.29) is 11.5 Å². The standard InChI is InChI=1S/C16H16N2O3/c1-18(13-10-6-5-9-12(13)16(20)21)15(19)14(17)11-7-3-2-4-8-11/h2-10,14H,17H2,1H3,(H,20,21). The van der Waals surface area contributed by atoms with Gasteiger partial charge in [-0.15, -0.1) is 0 Å². The number of para-hydroxylation sites is 1. The van der Waals surface area contributed by atoms with Gasteiger partial charge in [0.1, 0.15) is 6.04 Å². The Kier molecular flexibility index (Phi) is 4.35. The van der Waals surface area contributed by atoms with Gasteiger partial charge in [0.05, 0.1) is 11.3 Å². The smallest absolute Gasteiger partial charge is 0.337 e. The van der Waals surface area contributed by atoms with Crippen LogP contribution >= 0.6 is 0 Å². The first kappa shape index (κ1) is 14.7. The van der Waals surface area contributed by atoms with Crippen molar-refractivity contribution < 1.29 is 14.7 Å². The minimum Gasteiger partial charge on any atom is -0.478 e. The second-order valence-corrected chi connectivity index (χ2v) is 4.61. The molecule has 2 aromatic rings. The molecule has 3 N–H and O–H groups in total. The fourth-order valence-electron chi connectivity index (χ4n) is 2.08. The number of hydrogen-bond acceptors (Lipinski definition) is 3. The number of carbonyl (C=O) groups excluding carboxylic acids is 1. The number of rotatable bonds is 4. The predicted molar refractivity (Wildman–Crippen MR) is 80.2 cm³/mol. The zero-order chi connectivity index (χ0) is 15.4. The number of carboxylic acid groups (broad SMARTS) is 1. The van der Waals surface area contributed by atoms with Crippen molar-refractivity contribution in [1.82, 2.24) is 0 Å². The average molecular weight is 284 g/mol. The van der Waals surface area contributed by atoms with Crippen molar-refractivity contribution in [2.75, 3.05) is 11.9 Å². The van der Waals surface area contributed by atoms with Crippen LogP contribution in [0, 0.1) is 0 Å². The Hall–Kier alpha value is -2.66. The summed E-state index contributed by atoms with van der Waals surface area (Å²) in [5.74, 6) is -1.45. The van der Waals surface area contributed by atoms with Crippen LogP contribution in [-0.2, 0) is 4.79 Å². The highest BCUT2D eigenvalue weighted by atomic mass is 16.4. The number of nitrogens with zero attached hydrogens (tertiary/aromatic N) is 1. The molecule has 0 aliphatic heterocycles. The lowest BCUT2D eigenvalue weighted by atomic mass is 10.1. The van der Waals surface area contributed by atoms with E-state index < -0.39 is 12.0 Å². The number of hydrogen-bond donors (Lipinski definition) is 2. The van der Waals surface area contributed by atoms with Gasteiger partial charge in [-0.3, -0.25) is 4.79 Å². The fraction of sp³-hybridized carbons (Fsp3) is 0.125. The molecular formula is C16H16N2O3. The first-order valence-corrected chi connectivity index (χ1v) is 6.42. The summed E-state index contributed by atoms with van der Waals surface area (Å²) in [4.78, 5) is 24.9. The Bertz CT molecular complexity index is 656. The minimum atomic E-state index is -1.08. The van der Waals surface area contributed by atoms with E-state index in [1.807, 2.05) is 6.07 Å². The molecule has 1 amide bonds. The number of likely N-dealkylation sites (N-methyl/N-ethyl adjacent to an activating group) is 1. The van der Waals surface area contributed by atoms with Crippen LogP contribution in [0.3, 0.4) is 0 Å². The number of carbonyl (C=O) groups is 2. The second kappa shape index (κ2) is 6.19. The van der Waals surface area contributed by atoms with Crippen molar-refractivity contribution in [3.8, 4) is 0 Å². The summed E-state index contributed by atoms with van der Waals surface area (Å²) >= 11 is 0. The summed E-state index contributed by atoms with van der Waals surface area (Å²) < 4.78 is 0. The van der Waals surface area contributed by atoms with E-state index in [9.17, 15) is 14.7 Å². The number of amides is 1. The summed E-state index contributed by atoms with van der Waals surface area (Å²) in [6.45, 7) is 0. The highest BCUT2D eigenvalue weighted by Crippen LogP contribution is 2.22. The molecular weight excluding hydrogens is 268 g/mol. The molecule has 0 bridgehead atoms. The van der Waals surface area contributed by atoms with E-state index in [2.05, 4.69) is 0 Å². The van der Waals surface area contributed by atoms with E-state index in [4.69, 9.17) is 5.73 Å². The van der Waals surface area contributed by atoms with E-state index in [0.29, 0.717) is 11.3 Å². The topological polar surface area (TPSA) is 83.6 Å². The Labute approximate surface area is 122 Å². The molecule has 2 rings (SSSR count). The molecule has 5 heteroatoms. The Morgan fingerprint density at radius 3 is 2.24 bits per heavy atom. The van der Waals surface area contributed by atoms with Gasteiger partial charge >= 0.3 is 5.97 Å². The lowest BCUT2D eigenvalue weighted by Gasteiger charge is -2.23. The van der Waals surface area contributed by atoms with Crippen molar-refractivity contribution >= 4 is 17.6 Å². The van der Waals surface area contributed by atoms with Crippen molar-refractivity contribution in [1.29, 1.82) is 0 Å². The van der Waals surface area contributed by atoms with Crippen molar-refractivity contribution in [3.05, 3.63) is 65.7 Å². The van der Waals surface area contributed by atoms with Gasteiger partial charge < -0.3 is 15.7 Å². The fourth-order valence-corrected chi connectivity index (χ4v) is 2.08. The minimum absolute atomic E-state index is 0.0635. The monoisotopic (exact) mass is 284 g/mol. The summed E-state index contributed by atoms with van der Waals surface area (Å²) in [5, 5.41) is 9.18. The largest absolute Gasteiger partial charge is 0.478 e. The van der Waals surface area contributed by atoms with Gasteiger partial charge in [-0.25, -0.2) is 4.79 Å². The van der Waals surface area contributed by atoms with Crippen LogP contribution in [0.5, 0.6) is 0 Å². The maximum atomic E-state index is 12.4. The molecule has 0 saturated carbocycles. The predicted octanol–water partition coefficient (Wildman–Crippen LogP) is 2.05. The van der Waals surface area contributed by atoms with Crippen LogP contribution in [0.25, 0.3) is 0 Å². The lowest BCUT2D eigenvalue weighted by molar-refractivity contribution is -0.119. The molecule has 0 radical (unpaired) electrons. The number of aromatic carboxylic acids is 1. The van der Waals surface area contributed by atoms with E-state index in [0.717, 1.165) is 0 Å². The molecule has 0 fully saturated rings. The van der Waals surface area contributed by atoms with Gasteiger partial charge in [0.2, 0.25) is 5.91 Å². The van der Waals surface area contributed by atoms with Gasteiger partial charge in [-0.1, -0.05) is 42.5 Å². The van der Waals surface area contributed by atoms with Crippen molar-refractivity contribution in [3.63, 3.8) is 0 Å². The molecule has 0 aromatic heterocycles. The highest BCUT2D eigenvalue weighted by Gasteiger charge is 2.23. The molecule has 21 heavy (non-hydrogen) atoms. The normalized spacial score (nSPS) is 11.7. The Morgan fingerprint density at radius 2 is 1.62 bits per heavy atom. The molecule has 108 valence electrons. The summed E-state index contributed by atoms with van der Waals surface area (Å²) in [5.41, 5.74) is 7.03. The molecule has 2 aromatic carbocycles. The SMILES string of the molecule is CN(C(=O)C(N)c1ccccc1)c1ccccc1C(=O)O. The van der Waals surface area contributed by atoms with Crippen LogP contribution in [0.15, 0.2) is 54.6 Å². The molecule has 5 nitrogen and oxygen atoms in total. The number of nitrogens with two attached hydrogens (primary N) is 1. The number of carboxylic acids is 1. The van der Waals surface area contributed by atoms with Gasteiger partial charge in [-0.2, -0.15) is 0 Å². The first-order valence-electron chi connectivity index (χ1n) is 6.42. The van der Waals surface area contributed by atoms with E-state index in [1.165, 1.54) is 18.0 Å². The third-order valence-corrected chi connectivity index (χ3v) is 3.25. The first-order chi connectivity index (χ1) is 10.0.